The summed E-state index contributed by atoms with van der Waals surface area (Å²) >= 11 is 7.02. The topological polar surface area (TPSA) is 36.4 Å². The molecule has 104 valence electrons. The van der Waals surface area contributed by atoms with Crippen molar-refractivity contribution in [3.63, 3.8) is 0 Å². The molecule has 1 N–H and O–H groups in total. The molecule has 3 rings (SSSR count). The molecule has 1 saturated carbocycles. The molecule has 1 saturated heterocycles. The highest BCUT2D eigenvalue weighted by molar-refractivity contribution is 9.11. The Bertz CT molecular complexity index is 483. The number of hydrogen-bond donors (Lipinski definition) is 1. The zero-order valence-electron chi connectivity index (χ0n) is 10.8. The third kappa shape index (κ3) is 2.69. The van der Waals surface area contributed by atoms with Crippen LogP contribution in [0.15, 0.2) is 21.2 Å². The molecule has 1 aromatic heterocycles. The van der Waals surface area contributed by atoms with Gasteiger partial charge in [-0.25, -0.2) is 4.98 Å². The summed E-state index contributed by atoms with van der Waals surface area (Å²) in [5, 5.41) is 10.7. The number of anilines is 1. The monoisotopic (exact) mass is 388 g/mol. The summed E-state index contributed by atoms with van der Waals surface area (Å²) in [5.41, 5.74) is -0.420. The van der Waals surface area contributed by atoms with E-state index in [9.17, 15) is 5.11 Å². The van der Waals surface area contributed by atoms with Gasteiger partial charge in [0.25, 0.3) is 0 Å². The van der Waals surface area contributed by atoms with E-state index in [2.05, 4.69) is 41.7 Å². The van der Waals surface area contributed by atoms with Gasteiger partial charge in [-0.3, -0.25) is 0 Å². The minimum absolute atomic E-state index is 0.396. The molecule has 2 fully saturated rings. The molecular weight excluding hydrogens is 372 g/mol. The lowest BCUT2D eigenvalue weighted by Crippen LogP contribution is -2.53. The van der Waals surface area contributed by atoms with Crippen molar-refractivity contribution in [2.75, 3.05) is 18.0 Å². The van der Waals surface area contributed by atoms with Gasteiger partial charge in [-0.1, -0.05) is 12.8 Å². The van der Waals surface area contributed by atoms with Crippen LogP contribution in [0.1, 0.15) is 32.1 Å². The zero-order chi connectivity index (χ0) is 13.5. The lowest BCUT2D eigenvalue weighted by atomic mass is 9.71. The first kappa shape index (κ1) is 13.8. The van der Waals surface area contributed by atoms with Gasteiger partial charge in [-0.15, -0.1) is 0 Å². The Morgan fingerprint density at radius 3 is 2.95 bits per heavy atom. The minimum atomic E-state index is -0.420. The molecule has 0 aromatic carbocycles. The van der Waals surface area contributed by atoms with Crippen molar-refractivity contribution in [2.45, 2.75) is 37.7 Å². The second kappa shape index (κ2) is 5.34. The fraction of sp³-hybridized carbons (Fsp3) is 0.643. The van der Waals surface area contributed by atoms with E-state index in [1.807, 2.05) is 12.3 Å². The normalized spacial score (nSPS) is 31.1. The number of aromatic nitrogens is 1. The Hall–Kier alpha value is -0.130. The maximum absolute atomic E-state index is 10.7. The summed E-state index contributed by atoms with van der Waals surface area (Å²) in [6, 6.07) is 2.03. The van der Waals surface area contributed by atoms with Gasteiger partial charge in [0.1, 0.15) is 5.82 Å². The highest BCUT2D eigenvalue weighted by Gasteiger charge is 2.43. The molecule has 2 atom stereocenters. The maximum atomic E-state index is 10.7. The van der Waals surface area contributed by atoms with Crippen LogP contribution >= 0.6 is 31.9 Å². The summed E-state index contributed by atoms with van der Waals surface area (Å²) in [7, 11) is 0. The Balaban J connectivity index is 1.80. The van der Waals surface area contributed by atoms with E-state index in [0.717, 1.165) is 47.1 Å². The number of rotatable bonds is 1. The number of halogens is 2. The Kier molecular flexibility index (Phi) is 3.89. The third-order valence-electron chi connectivity index (χ3n) is 4.52. The van der Waals surface area contributed by atoms with E-state index >= 15 is 0 Å². The molecule has 2 aliphatic rings. The number of pyridine rings is 1. The molecule has 1 aliphatic carbocycles. The summed E-state index contributed by atoms with van der Waals surface area (Å²) in [4.78, 5) is 6.82. The quantitative estimate of drug-likeness (QED) is 0.794. The largest absolute Gasteiger partial charge is 0.389 e. The van der Waals surface area contributed by atoms with Gasteiger partial charge in [-0.2, -0.15) is 0 Å². The molecule has 5 heteroatoms. The minimum Gasteiger partial charge on any atom is -0.389 e. The molecule has 2 heterocycles. The van der Waals surface area contributed by atoms with Gasteiger partial charge in [0.2, 0.25) is 0 Å². The second-order valence-electron chi connectivity index (χ2n) is 5.70. The first-order valence-electron chi connectivity index (χ1n) is 6.87. The number of piperidine rings is 1. The van der Waals surface area contributed by atoms with E-state index < -0.39 is 5.60 Å². The van der Waals surface area contributed by atoms with Crippen LogP contribution in [0.5, 0.6) is 0 Å². The SMILES string of the molecule is OC12CCCCC1CN(c1ncc(Br)cc1Br)CC2. The first-order chi connectivity index (χ1) is 9.08. The fourth-order valence-corrected chi connectivity index (χ4v) is 4.64. The number of fused-ring (bicyclic) bond motifs is 1. The molecule has 0 spiro atoms. The molecule has 19 heavy (non-hydrogen) atoms. The van der Waals surface area contributed by atoms with Crippen molar-refractivity contribution < 1.29 is 5.11 Å². The van der Waals surface area contributed by atoms with Crippen molar-refractivity contribution in [2.24, 2.45) is 5.92 Å². The van der Waals surface area contributed by atoms with Crippen molar-refractivity contribution in [1.29, 1.82) is 0 Å². The molecular formula is C14H18Br2N2O. The maximum Gasteiger partial charge on any atom is 0.142 e. The fourth-order valence-electron chi connectivity index (χ4n) is 3.40. The van der Waals surface area contributed by atoms with Crippen molar-refractivity contribution in [1.82, 2.24) is 4.98 Å². The average molecular weight is 390 g/mol. The predicted molar refractivity (Wildman–Crippen MR) is 83.4 cm³/mol. The van der Waals surface area contributed by atoms with Crippen LogP contribution in [0.2, 0.25) is 0 Å². The van der Waals surface area contributed by atoms with Gasteiger partial charge in [0.05, 0.1) is 10.1 Å². The van der Waals surface area contributed by atoms with E-state index in [1.54, 1.807) is 0 Å². The summed E-state index contributed by atoms with van der Waals surface area (Å²) in [5.74, 6) is 1.39. The van der Waals surface area contributed by atoms with Gasteiger partial charge >= 0.3 is 0 Å². The van der Waals surface area contributed by atoms with E-state index in [4.69, 9.17) is 0 Å². The number of aliphatic hydroxyl groups is 1. The average Bonchev–Trinajstić information content (AvgIpc) is 2.38. The van der Waals surface area contributed by atoms with Crippen LogP contribution in [0.3, 0.4) is 0 Å². The molecule has 0 amide bonds. The highest BCUT2D eigenvalue weighted by Crippen LogP contribution is 2.41. The van der Waals surface area contributed by atoms with Gasteiger partial charge in [-0.05, 0) is 57.2 Å². The lowest BCUT2D eigenvalue weighted by Gasteiger charge is -2.47. The van der Waals surface area contributed by atoms with Crippen LogP contribution in [-0.4, -0.2) is 28.8 Å². The standard InChI is InChI=1S/C14H18Br2N2O/c15-11-7-12(16)13(17-8-11)18-6-5-14(19)4-2-1-3-10(14)9-18/h7-8,10,19H,1-6,9H2. The number of nitrogens with zero attached hydrogens (tertiary/aromatic N) is 2. The lowest BCUT2D eigenvalue weighted by molar-refractivity contribution is -0.0613. The molecule has 2 unspecified atom stereocenters. The van der Waals surface area contributed by atoms with E-state index in [1.165, 1.54) is 12.8 Å². The highest BCUT2D eigenvalue weighted by atomic mass is 79.9. The van der Waals surface area contributed by atoms with Crippen molar-refractivity contribution in [3.05, 3.63) is 21.2 Å². The van der Waals surface area contributed by atoms with Crippen LogP contribution < -0.4 is 4.90 Å². The van der Waals surface area contributed by atoms with E-state index in [-0.39, 0.29) is 0 Å². The molecule has 3 nitrogen and oxygen atoms in total. The summed E-state index contributed by atoms with van der Waals surface area (Å²) in [6.07, 6.45) is 7.23. The van der Waals surface area contributed by atoms with Crippen LogP contribution in [0.4, 0.5) is 5.82 Å². The van der Waals surface area contributed by atoms with Crippen LogP contribution in [0.25, 0.3) is 0 Å². The van der Waals surface area contributed by atoms with Crippen molar-refractivity contribution >= 4 is 37.7 Å². The number of hydrogen-bond acceptors (Lipinski definition) is 3. The Labute approximate surface area is 130 Å². The van der Waals surface area contributed by atoms with Crippen LogP contribution in [0, 0.1) is 5.92 Å². The molecule has 1 aromatic rings. The van der Waals surface area contributed by atoms with Gasteiger partial charge < -0.3 is 10.0 Å². The summed E-state index contributed by atoms with van der Waals surface area (Å²) in [6.45, 7) is 1.81. The smallest absolute Gasteiger partial charge is 0.142 e. The summed E-state index contributed by atoms with van der Waals surface area (Å²) < 4.78 is 2.00. The molecule has 0 radical (unpaired) electrons. The predicted octanol–water partition coefficient (Wildman–Crippen LogP) is 3.74. The van der Waals surface area contributed by atoms with Gasteiger partial charge in [0, 0.05) is 29.7 Å². The third-order valence-corrected chi connectivity index (χ3v) is 5.53. The zero-order valence-corrected chi connectivity index (χ0v) is 14.0. The second-order valence-corrected chi connectivity index (χ2v) is 7.47. The van der Waals surface area contributed by atoms with Crippen LogP contribution in [-0.2, 0) is 0 Å². The van der Waals surface area contributed by atoms with Crippen molar-refractivity contribution in [3.8, 4) is 0 Å². The van der Waals surface area contributed by atoms with E-state index in [0.29, 0.717) is 5.92 Å². The Morgan fingerprint density at radius 2 is 2.16 bits per heavy atom. The first-order valence-corrected chi connectivity index (χ1v) is 8.45. The molecule has 1 aliphatic heterocycles. The Morgan fingerprint density at radius 1 is 1.32 bits per heavy atom. The van der Waals surface area contributed by atoms with Gasteiger partial charge in [0.15, 0.2) is 0 Å². The molecule has 0 bridgehead atoms.